The second-order valence-corrected chi connectivity index (χ2v) is 11.4. The van der Waals surface area contributed by atoms with Crippen LogP contribution in [0.3, 0.4) is 0 Å². The van der Waals surface area contributed by atoms with Crippen LogP contribution in [0.1, 0.15) is 48.8 Å². The van der Waals surface area contributed by atoms with Crippen LogP contribution >= 0.6 is 34.4 Å². The maximum Gasteiger partial charge on any atom is 0.219 e. The van der Waals surface area contributed by atoms with Gasteiger partial charge in [0.15, 0.2) is 10.1 Å². The van der Waals surface area contributed by atoms with Crippen LogP contribution in [0.5, 0.6) is 0 Å². The summed E-state index contributed by atoms with van der Waals surface area (Å²) in [5, 5.41) is 19.6. The lowest BCUT2D eigenvalue weighted by atomic mass is 9.78. The molecule has 0 saturated heterocycles. The molecule has 2 aromatic heterocycles. The molecule has 1 atom stereocenters. The van der Waals surface area contributed by atoms with Crippen LogP contribution in [0.25, 0.3) is 0 Å². The van der Waals surface area contributed by atoms with E-state index in [4.69, 9.17) is 5.73 Å². The number of nitriles is 1. The molecule has 6 nitrogen and oxygen atoms in total. The molecule has 0 bridgehead atoms. The van der Waals surface area contributed by atoms with Crippen molar-refractivity contribution in [2.75, 3.05) is 4.90 Å². The van der Waals surface area contributed by atoms with E-state index in [1.807, 2.05) is 19.1 Å². The maximum absolute atomic E-state index is 13.0. The highest BCUT2D eigenvalue weighted by Gasteiger charge is 2.41. The molecular weight excluding hydrogens is 422 g/mol. The van der Waals surface area contributed by atoms with E-state index >= 15 is 0 Å². The highest BCUT2D eigenvalue weighted by Crippen LogP contribution is 2.48. The summed E-state index contributed by atoms with van der Waals surface area (Å²) in [4.78, 5) is 16.9. The molecule has 9 heteroatoms. The summed E-state index contributed by atoms with van der Waals surface area (Å²) < 4.78 is 0.849. The molecule has 2 N–H and O–H groups in total. The van der Waals surface area contributed by atoms with Crippen molar-refractivity contribution in [2.24, 2.45) is 5.73 Å². The van der Waals surface area contributed by atoms with Gasteiger partial charge < -0.3 is 5.73 Å². The van der Waals surface area contributed by atoms with Crippen molar-refractivity contribution in [1.82, 2.24) is 10.2 Å². The van der Waals surface area contributed by atoms with Gasteiger partial charge in [-0.2, -0.15) is 5.26 Å². The second kappa shape index (κ2) is 7.94. The van der Waals surface area contributed by atoms with Crippen molar-refractivity contribution in [3.63, 3.8) is 0 Å². The fourth-order valence-electron chi connectivity index (χ4n) is 3.74. The van der Waals surface area contributed by atoms with E-state index in [-0.39, 0.29) is 5.78 Å². The Labute approximate surface area is 182 Å². The minimum atomic E-state index is -0.393. The summed E-state index contributed by atoms with van der Waals surface area (Å²) in [5.41, 5.74) is 8.51. The molecule has 0 saturated carbocycles. The number of anilines is 1. The molecule has 2 aliphatic rings. The first-order chi connectivity index (χ1) is 13.9. The number of ketones is 1. The van der Waals surface area contributed by atoms with Gasteiger partial charge in [-0.25, -0.2) is 0 Å². The topological polar surface area (TPSA) is 95.9 Å². The lowest BCUT2D eigenvalue weighted by Gasteiger charge is -2.37. The molecule has 0 aromatic carbocycles. The normalized spacial score (nSPS) is 19.8. The van der Waals surface area contributed by atoms with E-state index in [0.717, 1.165) is 32.6 Å². The monoisotopic (exact) mass is 443 g/mol. The first-order valence-corrected chi connectivity index (χ1v) is 11.9. The number of hydrogen-bond acceptors (Lipinski definition) is 9. The predicted molar refractivity (Wildman–Crippen MR) is 118 cm³/mol. The maximum atomic E-state index is 13.0. The van der Waals surface area contributed by atoms with E-state index in [0.29, 0.717) is 33.8 Å². The number of carbonyl (C=O) groups is 1. The number of carbonyl (C=O) groups excluding carboxylic acids is 1. The van der Waals surface area contributed by atoms with Crippen LogP contribution in [0.15, 0.2) is 39.1 Å². The van der Waals surface area contributed by atoms with Gasteiger partial charge in [-0.3, -0.25) is 9.69 Å². The Bertz CT molecular complexity index is 1070. The van der Waals surface area contributed by atoms with Gasteiger partial charge in [0.25, 0.3) is 0 Å². The van der Waals surface area contributed by atoms with Crippen LogP contribution in [0.2, 0.25) is 0 Å². The zero-order chi connectivity index (χ0) is 20.7. The first kappa shape index (κ1) is 20.1. The third-order valence-corrected chi connectivity index (χ3v) is 7.94. The molecule has 1 aliphatic carbocycles. The van der Waals surface area contributed by atoms with Crippen LogP contribution < -0.4 is 10.6 Å². The lowest BCUT2D eigenvalue weighted by Crippen LogP contribution is -2.38. The van der Waals surface area contributed by atoms with Gasteiger partial charge in [-0.05, 0) is 31.9 Å². The summed E-state index contributed by atoms with van der Waals surface area (Å²) in [6.07, 6.45) is 2.00. The lowest BCUT2D eigenvalue weighted by molar-refractivity contribution is -0.116. The number of thiophene rings is 1. The summed E-state index contributed by atoms with van der Waals surface area (Å²) in [5.74, 6) is 0.0540. The van der Waals surface area contributed by atoms with E-state index in [1.54, 1.807) is 28.0 Å². The number of nitrogens with two attached hydrogens (primary N) is 1. The summed E-state index contributed by atoms with van der Waals surface area (Å²) in [7, 11) is 0. The minimum Gasteiger partial charge on any atom is -0.384 e. The number of Topliss-reactive ketones (excluding diaryl/α,β-unsaturated/α-hetero) is 1. The Kier molecular flexibility index (Phi) is 5.51. The number of thioether (sulfide) groups is 1. The van der Waals surface area contributed by atoms with Crippen molar-refractivity contribution in [3.8, 4) is 6.07 Å². The van der Waals surface area contributed by atoms with Crippen LogP contribution in [0, 0.1) is 18.3 Å². The Hall–Kier alpha value is -2.15. The summed E-state index contributed by atoms with van der Waals surface area (Å²) in [6, 6.07) is 6.31. The van der Waals surface area contributed by atoms with Crippen LogP contribution in [-0.2, 0) is 4.79 Å². The molecule has 4 rings (SSSR count). The van der Waals surface area contributed by atoms with Crippen molar-refractivity contribution >= 4 is 45.4 Å². The molecular formula is C20H21N5OS3. The van der Waals surface area contributed by atoms with E-state index < -0.39 is 5.92 Å². The molecule has 2 aromatic rings. The van der Waals surface area contributed by atoms with Gasteiger partial charge in [-0.1, -0.05) is 36.9 Å². The third kappa shape index (κ3) is 3.61. The van der Waals surface area contributed by atoms with Crippen molar-refractivity contribution in [2.45, 2.75) is 55.5 Å². The van der Waals surface area contributed by atoms with Gasteiger partial charge >= 0.3 is 0 Å². The van der Waals surface area contributed by atoms with Gasteiger partial charge in [0.2, 0.25) is 5.13 Å². The van der Waals surface area contributed by atoms with Gasteiger partial charge in [0.1, 0.15) is 5.82 Å². The fourth-order valence-corrected chi connectivity index (χ4v) is 6.84. The molecule has 150 valence electrons. The predicted octanol–water partition coefficient (Wildman–Crippen LogP) is 4.71. The number of allylic oxidation sites excluding steroid dienone is 3. The quantitative estimate of drug-likeness (QED) is 0.683. The van der Waals surface area contributed by atoms with E-state index in [1.165, 1.54) is 11.3 Å². The number of rotatable bonds is 4. The molecule has 3 heterocycles. The molecule has 0 spiro atoms. The smallest absolute Gasteiger partial charge is 0.219 e. The molecule has 1 aliphatic heterocycles. The van der Waals surface area contributed by atoms with Crippen molar-refractivity contribution in [1.29, 1.82) is 5.26 Å². The van der Waals surface area contributed by atoms with Crippen molar-refractivity contribution in [3.05, 3.63) is 44.6 Å². The third-order valence-electron chi connectivity index (χ3n) is 4.88. The highest BCUT2D eigenvalue weighted by molar-refractivity contribution is 8.01. The SMILES string of the molecule is Cc1ccc([C@H]2C(C#N)=C(N)N(c3nnc(SC(C)C)s3)C3=C2C(=O)CCC3)s1. The molecule has 0 fully saturated rings. The zero-order valence-corrected chi connectivity index (χ0v) is 18.9. The standard InChI is InChI=1S/C20H21N5OS3/c1-10(2)27-20-24-23-19(29-20)25-13-5-4-6-14(26)17(13)16(12(9-21)18(25)22)15-8-7-11(3)28-15/h7-8,10,16H,4-6,22H2,1-3H3/t16-/m1/s1. The number of aromatic nitrogens is 2. The number of aryl methyl sites for hydroxylation is 1. The molecule has 0 amide bonds. The summed E-state index contributed by atoms with van der Waals surface area (Å²) in [6.45, 7) is 6.22. The number of hydrogen-bond donors (Lipinski definition) is 1. The van der Waals surface area contributed by atoms with Crippen LogP contribution in [-0.4, -0.2) is 21.2 Å². The summed E-state index contributed by atoms with van der Waals surface area (Å²) >= 11 is 4.69. The van der Waals surface area contributed by atoms with Gasteiger partial charge in [0.05, 0.1) is 17.6 Å². The zero-order valence-electron chi connectivity index (χ0n) is 16.4. The Balaban J connectivity index is 1.88. The molecule has 0 radical (unpaired) electrons. The number of nitrogens with zero attached hydrogens (tertiary/aromatic N) is 4. The largest absolute Gasteiger partial charge is 0.384 e. The Morgan fingerprint density at radius 2 is 2.10 bits per heavy atom. The fraction of sp³-hybridized carbons (Fsp3) is 0.400. The molecule has 29 heavy (non-hydrogen) atoms. The second-order valence-electron chi connectivity index (χ2n) is 7.28. The van der Waals surface area contributed by atoms with Gasteiger partial charge in [0, 0.05) is 32.7 Å². The first-order valence-electron chi connectivity index (χ1n) is 9.43. The average molecular weight is 444 g/mol. The Morgan fingerprint density at radius 1 is 1.31 bits per heavy atom. The van der Waals surface area contributed by atoms with E-state index in [9.17, 15) is 10.1 Å². The minimum absolute atomic E-state index is 0.0915. The molecule has 0 unspecified atom stereocenters. The Morgan fingerprint density at radius 3 is 2.76 bits per heavy atom. The average Bonchev–Trinajstić information content (AvgIpc) is 3.29. The van der Waals surface area contributed by atoms with Gasteiger partial charge in [-0.15, -0.1) is 21.5 Å². The van der Waals surface area contributed by atoms with E-state index in [2.05, 4.69) is 30.1 Å². The highest BCUT2D eigenvalue weighted by atomic mass is 32.2. The van der Waals surface area contributed by atoms with Crippen molar-refractivity contribution < 1.29 is 4.79 Å². The van der Waals surface area contributed by atoms with Crippen LogP contribution in [0.4, 0.5) is 5.13 Å².